The number of hydrogen-bond donors (Lipinski definition) is 2. The zero-order valence-electron chi connectivity index (χ0n) is 8.19. The van der Waals surface area contributed by atoms with E-state index in [4.69, 9.17) is 5.11 Å². The van der Waals surface area contributed by atoms with Crippen molar-refractivity contribution in [3.63, 3.8) is 0 Å². The smallest absolute Gasteiger partial charge is 0.0561 e. The van der Waals surface area contributed by atoms with Crippen LogP contribution in [0.25, 0.3) is 0 Å². The molecule has 0 saturated carbocycles. The van der Waals surface area contributed by atoms with E-state index >= 15 is 0 Å². The Kier molecular flexibility index (Phi) is 5.43. The van der Waals surface area contributed by atoms with Crippen molar-refractivity contribution in [2.75, 3.05) is 12.0 Å². The van der Waals surface area contributed by atoms with E-state index in [0.717, 1.165) is 24.9 Å². The van der Waals surface area contributed by atoms with Crippen LogP contribution in [-0.4, -0.2) is 17.9 Å². The lowest BCUT2D eigenvalue weighted by atomic mass is 10.3. The second kappa shape index (κ2) is 7.09. The monoisotopic (exact) mass is 192 g/mol. The maximum atomic E-state index is 8.54. The number of aliphatic hydroxyl groups is 1. The highest BCUT2D eigenvalue weighted by Gasteiger charge is 1.85. The molecule has 0 radical (unpaired) electrons. The van der Waals surface area contributed by atoms with Crippen molar-refractivity contribution < 1.29 is 5.11 Å². The van der Waals surface area contributed by atoms with Crippen LogP contribution in [0.1, 0.15) is 19.3 Å². The van der Waals surface area contributed by atoms with Gasteiger partial charge in [0, 0.05) is 12.8 Å². The molecular formula is C11H16N2O. The molecule has 0 heterocycles. The van der Waals surface area contributed by atoms with E-state index in [1.165, 1.54) is 0 Å². The van der Waals surface area contributed by atoms with Gasteiger partial charge in [0.15, 0.2) is 0 Å². The maximum Gasteiger partial charge on any atom is 0.0561 e. The summed E-state index contributed by atoms with van der Waals surface area (Å²) in [6.45, 7) is 0.264. The summed E-state index contributed by atoms with van der Waals surface area (Å²) in [6, 6.07) is 9.82. The molecule has 3 nitrogen and oxygen atoms in total. The van der Waals surface area contributed by atoms with Crippen molar-refractivity contribution in [1.82, 2.24) is 0 Å². The third-order valence-electron chi connectivity index (χ3n) is 1.80. The molecule has 0 spiro atoms. The van der Waals surface area contributed by atoms with Crippen LogP contribution in [0.5, 0.6) is 0 Å². The van der Waals surface area contributed by atoms with Gasteiger partial charge in [-0.05, 0) is 31.4 Å². The van der Waals surface area contributed by atoms with Gasteiger partial charge in [-0.2, -0.15) is 5.10 Å². The van der Waals surface area contributed by atoms with Crippen molar-refractivity contribution in [3.05, 3.63) is 30.3 Å². The first kappa shape index (κ1) is 10.7. The van der Waals surface area contributed by atoms with E-state index in [1.54, 1.807) is 0 Å². The fraction of sp³-hybridized carbons (Fsp3) is 0.364. The molecule has 0 aliphatic carbocycles. The molecule has 0 fully saturated rings. The average Bonchev–Trinajstić information content (AvgIpc) is 2.25. The number of hydrogen-bond acceptors (Lipinski definition) is 3. The van der Waals surface area contributed by atoms with Crippen molar-refractivity contribution in [3.8, 4) is 0 Å². The number of aliphatic hydroxyl groups excluding tert-OH is 1. The normalized spacial score (nSPS) is 10.6. The molecule has 76 valence electrons. The molecule has 1 aromatic carbocycles. The minimum Gasteiger partial charge on any atom is -0.396 e. The fourth-order valence-electron chi connectivity index (χ4n) is 1.04. The fourth-order valence-corrected chi connectivity index (χ4v) is 1.04. The lowest BCUT2D eigenvalue weighted by Crippen LogP contribution is -1.89. The van der Waals surface area contributed by atoms with Crippen LogP contribution in [-0.2, 0) is 0 Å². The Morgan fingerprint density at radius 1 is 1.21 bits per heavy atom. The van der Waals surface area contributed by atoms with Crippen LogP contribution in [0.3, 0.4) is 0 Å². The largest absolute Gasteiger partial charge is 0.396 e. The molecule has 0 amide bonds. The van der Waals surface area contributed by atoms with Gasteiger partial charge in [0.25, 0.3) is 0 Å². The summed E-state index contributed by atoms with van der Waals surface area (Å²) in [4.78, 5) is 0. The zero-order valence-corrected chi connectivity index (χ0v) is 8.19. The van der Waals surface area contributed by atoms with Gasteiger partial charge in [0.1, 0.15) is 0 Å². The summed E-state index contributed by atoms with van der Waals surface area (Å²) >= 11 is 0. The van der Waals surface area contributed by atoms with Crippen molar-refractivity contribution in [1.29, 1.82) is 0 Å². The molecule has 3 heteroatoms. The van der Waals surface area contributed by atoms with E-state index in [1.807, 2.05) is 36.5 Å². The van der Waals surface area contributed by atoms with Crippen LogP contribution in [0.4, 0.5) is 5.69 Å². The number of nitrogens with zero attached hydrogens (tertiary/aromatic N) is 1. The van der Waals surface area contributed by atoms with Gasteiger partial charge < -0.3 is 5.11 Å². The first-order valence-electron chi connectivity index (χ1n) is 4.87. The van der Waals surface area contributed by atoms with Gasteiger partial charge in [-0.25, -0.2) is 0 Å². The Labute approximate surface area is 84.5 Å². The predicted octanol–water partition coefficient (Wildman–Crippen LogP) is 2.25. The third-order valence-corrected chi connectivity index (χ3v) is 1.80. The Morgan fingerprint density at radius 2 is 2.00 bits per heavy atom. The van der Waals surface area contributed by atoms with E-state index in [2.05, 4.69) is 10.5 Å². The van der Waals surface area contributed by atoms with Gasteiger partial charge >= 0.3 is 0 Å². The summed E-state index contributed by atoms with van der Waals surface area (Å²) in [5.41, 5.74) is 3.92. The summed E-state index contributed by atoms with van der Waals surface area (Å²) in [5.74, 6) is 0. The van der Waals surface area contributed by atoms with Crippen LogP contribution < -0.4 is 5.43 Å². The molecule has 1 rings (SSSR count). The standard InChI is InChI=1S/C11H16N2O/c14-10-6-2-5-9-12-13-11-7-3-1-4-8-11/h1,3-4,7-9,13-14H,2,5-6,10H2/b12-9-. The van der Waals surface area contributed by atoms with Gasteiger partial charge in [0.2, 0.25) is 0 Å². The molecular weight excluding hydrogens is 176 g/mol. The molecule has 0 aromatic heterocycles. The number of nitrogens with one attached hydrogen (secondary N) is 1. The van der Waals surface area contributed by atoms with Crippen LogP contribution >= 0.6 is 0 Å². The number of hydrazone groups is 1. The number of para-hydroxylation sites is 1. The molecule has 0 unspecified atom stereocenters. The molecule has 0 bridgehead atoms. The van der Waals surface area contributed by atoms with E-state index in [-0.39, 0.29) is 6.61 Å². The summed E-state index contributed by atoms with van der Waals surface area (Å²) < 4.78 is 0. The zero-order chi connectivity index (χ0) is 10.1. The number of unbranched alkanes of at least 4 members (excludes halogenated alkanes) is 2. The minimum absolute atomic E-state index is 0.264. The molecule has 14 heavy (non-hydrogen) atoms. The second-order valence-electron chi connectivity index (χ2n) is 3.01. The van der Waals surface area contributed by atoms with Gasteiger partial charge in [-0.15, -0.1) is 0 Å². The van der Waals surface area contributed by atoms with E-state index < -0.39 is 0 Å². The van der Waals surface area contributed by atoms with Gasteiger partial charge in [-0.1, -0.05) is 18.2 Å². The predicted molar refractivity (Wildman–Crippen MR) is 59.5 cm³/mol. The molecule has 0 atom stereocenters. The minimum atomic E-state index is 0.264. The highest BCUT2D eigenvalue weighted by atomic mass is 16.2. The van der Waals surface area contributed by atoms with Crippen LogP contribution in [0.2, 0.25) is 0 Å². The number of benzene rings is 1. The summed E-state index contributed by atoms with van der Waals surface area (Å²) in [6.07, 6.45) is 4.57. The molecule has 1 aromatic rings. The molecule has 0 aliphatic heterocycles. The SMILES string of the molecule is OCCCC/C=N\Nc1ccccc1. The highest BCUT2D eigenvalue weighted by Crippen LogP contribution is 2.04. The second-order valence-corrected chi connectivity index (χ2v) is 3.01. The summed E-state index contributed by atoms with van der Waals surface area (Å²) in [7, 11) is 0. The Hall–Kier alpha value is -1.35. The van der Waals surface area contributed by atoms with Crippen LogP contribution in [0.15, 0.2) is 35.4 Å². The first-order valence-corrected chi connectivity index (χ1v) is 4.87. The molecule has 0 aliphatic rings. The molecule has 2 N–H and O–H groups in total. The lowest BCUT2D eigenvalue weighted by molar-refractivity contribution is 0.286. The van der Waals surface area contributed by atoms with Crippen molar-refractivity contribution >= 4 is 11.9 Å². The summed E-state index contributed by atoms with van der Waals surface area (Å²) in [5, 5.41) is 12.6. The maximum absolute atomic E-state index is 8.54. The number of rotatable bonds is 6. The number of anilines is 1. The van der Waals surface area contributed by atoms with Gasteiger partial charge in [-0.3, -0.25) is 5.43 Å². The third kappa shape index (κ3) is 4.62. The Bertz CT molecular complexity index is 259. The Morgan fingerprint density at radius 3 is 2.71 bits per heavy atom. The average molecular weight is 192 g/mol. The molecule has 0 saturated heterocycles. The van der Waals surface area contributed by atoms with E-state index in [9.17, 15) is 0 Å². The van der Waals surface area contributed by atoms with Crippen molar-refractivity contribution in [2.45, 2.75) is 19.3 Å². The Balaban J connectivity index is 2.14. The van der Waals surface area contributed by atoms with Crippen molar-refractivity contribution in [2.24, 2.45) is 5.10 Å². The first-order chi connectivity index (χ1) is 6.93. The topological polar surface area (TPSA) is 44.6 Å². The lowest BCUT2D eigenvalue weighted by Gasteiger charge is -1.97. The highest BCUT2D eigenvalue weighted by molar-refractivity contribution is 5.59. The van der Waals surface area contributed by atoms with E-state index in [0.29, 0.717) is 0 Å². The van der Waals surface area contributed by atoms with Gasteiger partial charge in [0.05, 0.1) is 5.69 Å². The quantitative estimate of drug-likeness (QED) is 0.412. The van der Waals surface area contributed by atoms with Crippen LogP contribution in [0, 0.1) is 0 Å².